The summed E-state index contributed by atoms with van der Waals surface area (Å²) in [7, 11) is 0. The van der Waals surface area contributed by atoms with Gasteiger partial charge in [0.15, 0.2) is 0 Å². The predicted octanol–water partition coefficient (Wildman–Crippen LogP) is 0.897. The lowest BCUT2D eigenvalue weighted by Gasteiger charge is -2.08. The minimum Gasteiger partial charge on any atom is -0.310 e. The molecular weight excluding hydrogens is 130 g/mol. The summed E-state index contributed by atoms with van der Waals surface area (Å²) in [5.41, 5.74) is 0. The lowest BCUT2D eigenvalue weighted by molar-refractivity contribution is 0.496. The van der Waals surface area contributed by atoms with Crippen LogP contribution in [0.2, 0.25) is 0 Å². The van der Waals surface area contributed by atoms with E-state index < -0.39 is 0 Å². The van der Waals surface area contributed by atoms with Crippen molar-refractivity contribution >= 4 is 0 Å². The van der Waals surface area contributed by atoms with Gasteiger partial charge in [0.05, 0.1) is 6.04 Å². The molecule has 54 valence electrons. The summed E-state index contributed by atoms with van der Waals surface area (Å²) >= 11 is 0. The molecule has 0 aliphatic carbocycles. The maximum atomic E-state index is 3.85. The average Bonchev–Trinajstić information content (AvgIpc) is 2.59. The van der Waals surface area contributed by atoms with Gasteiger partial charge < -0.3 is 5.32 Å². The maximum absolute atomic E-state index is 3.85. The standard InChI is InChI=1S/C5H9N5/c1-2-4(6-3-1)5-7-9-10-8-5/h4-6H,1-3H2/t4-/m0/s1. The van der Waals surface area contributed by atoms with Crippen molar-refractivity contribution < 1.29 is 0 Å². The van der Waals surface area contributed by atoms with Crippen molar-refractivity contribution in [3.63, 3.8) is 0 Å². The lowest BCUT2D eigenvalue weighted by Crippen LogP contribution is -2.31. The fourth-order valence-electron chi connectivity index (χ4n) is 1.30. The van der Waals surface area contributed by atoms with E-state index in [1.807, 2.05) is 0 Å². The van der Waals surface area contributed by atoms with Gasteiger partial charge in [-0.2, -0.15) is 0 Å². The van der Waals surface area contributed by atoms with Crippen LogP contribution in [0.25, 0.3) is 0 Å². The zero-order valence-electron chi connectivity index (χ0n) is 5.56. The van der Waals surface area contributed by atoms with Gasteiger partial charge >= 0.3 is 0 Å². The number of nitrogens with zero attached hydrogens (tertiary/aromatic N) is 4. The van der Waals surface area contributed by atoms with Gasteiger partial charge in [0.1, 0.15) is 0 Å². The summed E-state index contributed by atoms with van der Waals surface area (Å²) < 4.78 is 0. The first kappa shape index (κ1) is 5.91. The molecule has 2 aliphatic heterocycles. The van der Waals surface area contributed by atoms with Gasteiger partial charge in [-0.3, -0.25) is 0 Å². The van der Waals surface area contributed by atoms with Gasteiger partial charge in [-0.25, -0.2) is 0 Å². The van der Waals surface area contributed by atoms with E-state index >= 15 is 0 Å². The van der Waals surface area contributed by atoms with Crippen molar-refractivity contribution in [3.8, 4) is 0 Å². The fraction of sp³-hybridized carbons (Fsp3) is 1.00. The summed E-state index contributed by atoms with van der Waals surface area (Å²) in [6, 6.07) is 0.384. The number of hydrogen-bond donors (Lipinski definition) is 1. The Hall–Kier alpha value is -0.840. The Morgan fingerprint density at radius 1 is 1.20 bits per heavy atom. The van der Waals surface area contributed by atoms with Gasteiger partial charge in [-0.05, 0) is 29.8 Å². The minimum atomic E-state index is -0.0394. The predicted molar refractivity (Wildman–Crippen MR) is 34.5 cm³/mol. The quantitative estimate of drug-likeness (QED) is 0.576. The molecule has 0 aromatic carbocycles. The Bertz CT molecular complexity index is 157. The molecule has 10 heavy (non-hydrogen) atoms. The van der Waals surface area contributed by atoms with Crippen molar-refractivity contribution in [1.82, 2.24) is 5.32 Å². The van der Waals surface area contributed by atoms with E-state index in [9.17, 15) is 0 Å². The molecule has 0 radical (unpaired) electrons. The van der Waals surface area contributed by atoms with Crippen LogP contribution in [0.1, 0.15) is 12.8 Å². The minimum absolute atomic E-state index is 0.0394. The Morgan fingerprint density at radius 2 is 2.00 bits per heavy atom. The molecule has 1 atom stereocenters. The lowest BCUT2D eigenvalue weighted by atomic mass is 10.2. The van der Waals surface area contributed by atoms with E-state index in [0.717, 1.165) is 13.0 Å². The zero-order chi connectivity index (χ0) is 6.81. The smallest absolute Gasteiger partial charge is 0.200 e. The number of hydrogen-bond acceptors (Lipinski definition) is 5. The van der Waals surface area contributed by atoms with Crippen LogP contribution in [-0.4, -0.2) is 18.8 Å². The van der Waals surface area contributed by atoms with Crippen LogP contribution < -0.4 is 5.32 Å². The van der Waals surface area contributed by atoms with E-state index in [-0.39, 0.29) is 6.17 Å². The summed E-state index contributed by atoms with van der Waals surface area (Å²) in [6.45, 7) is 1.08. The van der Waals surface area contributed by atoms with Crippen molar-refractivity contribution in [1.29, 1.82) is 0 Å². The number of nitrogens with one attached hydrogen (secondary N) is 1. The molecule has 2 aliphatic rings. The number of rotatable bonds is 1. The van der Waals surface area contributed by atoms with E-state index in [2.05, 4.69) is 26.0 Å². The molecule has 1 fully saturated rings. The molecule has 0 amide bonds. The molecule has 0 aromatic heterocycles. The SMILES string of the molecule is C1CN[C@H](C2N=NN=N2)C1. The van der Waals surface area contributed by atoms with Gasteiger partial charge in [-0.15, -0.1) is 10.2 Å². The fourth-order valence-corrected chi connectivity index (χ4v) is 1.30. The first-order valence-electron chi connectivity index (χ1n) is 3.50. The second-order valence-corrected chi connectivity index (χ2v) is 2.53. The molecule has 2 heterocycles. The first-order chi connectivity index (χ1) is 4.97. The Balaban J connectivity index is 1.98. The van der Waals surface area contributed by atoms with Crippen molar-refractivity contribution in [2.75, 3.05) is 6.54 Å². The van der Waals surface area contributed by atoms with Crippen LogP contribution >= 0.6 is 0 Å². The van der Waals surface area contributed by atoms with Gasteiger partial charge in [0, 0.05) is 0 Å². The van der Waals surface area contributed by atoms with Gasteiger partial charge in [0.2, 0.25) is 6.17 Å². The summed E-state index contributed by atoms with van der Waals surface area (Å²) in [5, 5.41) is 17.9. The molecule has 5 nitrogen and oxygen atoms in total. The Labute approximate surface area is 58.6 Å². The summed E-state index contributed by atoms with van der Waals surface area (Å²) in [6.07, 6.45) is 2.32. The Kier molecular flexibility index (Phi) is 1.43. The highest BCUT2D eigenvalue weighted by Gasteiger charge is 2.25. The van der Waals surface area contributed by atoms with Crippen LogP contribution in [0.4, 0.5) is 0 Å². The average molecular weight is 139 g/mol. The van der Waals surface area contributed by atoms with E-state index in [1.165, 1.54) is 6.42 Å². The highest BCUT2D eigenvalue weighted by molar-refractivity contribution is 4.84. The molecule has 2 rings (SSSR count). The summed E-state index contributed by atoms with van der Waals surface area (Å²) in [4.78, 5) is 0. The molecule has 0 saturated carbocycles. The third kappa shape index (κ3) is 0.923. The molecule has 0 bridgehead atoms. The van der Waals surface area contributed by atoms with Gasteiger partial charge in [0.25, 0.3) is 0 Å². The van der Waals surface area contributed by atoms with E-state index in [4.69, 9.17) is 0 Å². The van der Waals surface area contributed by atoms with Crippen molar-refractivity contribution in [3.05, 3.63) is 0 Å². The third-order valence-electron chi connectivity index (χ3n) is 1.84. The highest BCUT2D eigenvalue weighted by Crippen LogP contribution is 2.16. The monoisotopic (exact) mass is 139 g/mol. The molecule has 1 N–H and O–H groups in total. The van der Waals surface area contributed by atoms with Gasteiger partial charge in [-0.1, -0.05) is 0 Å². The summed E-state index contributed by atoms with van der Waals surface area (Å²) in [5.74, 6) is 0. The van der Waals surface area contributed by atoms with Crippen LogP contribution in [0.3, 0.4) is 0 Å². The molecule has 0 spiro atoms. The molecule has 5 heteroatoms. The molecule has 1 saturated heterocycles. The largest absolute Gasteiger partial charge is 0.310 e. The molecule has 0 unspecified atom stereocenters. The highest BCUT2D eigenvalue weighted by atomic mass is 15.6. The Morgan fingerprint density at radius 3 is 2.60 bits per heavy atom. The van der Waals surface area contributed by atoms with E-state index in [1.54, 1.807) is 0 Å². The van der Waals surface area contributed by atoms with Crippen LogP contribution in [-0.2, 0) is 0 Å². The normalized spacial score (nSPS) is 32.2. The maximum Gasteiger partial charge on any atom is 0.200 e. The first-order valence-corrected chi connectivity index (χ1v) is 3.50. The second kappa shape index (κ2) is 2.42. The van der Waals surface area contributed by atoms with Crippen LogP contribution in [0.15, 0.2) is 20.7 Å². The van der Waals surface area contributed by atoms with Crippen LogP contribution in [0, 0.1) is 0 Å². The molecule has 0 aromatic rings. The zero-order valence-corrected chi connectivity index (χ0v) is 5.56. The third-order valence-corrected chi connectivity index (χ3v) is 1.84. The molecular formula is C5H9N5. The van der Waals surface area contributed by atoms with E-state index in [0.29, 0.717) is 6.04 Å². The van der Waals surface area contributed by atoms with Crippen LogP contribution in [0.5, 0.6) is 0 Å². The second-order valence-electron chi connectivity index (χ2n) is 2.53. The van der Waals surface area contributed by atoms with Crippen molar-refractivity contribution in [2.24, 2.45) is 20.7 Å². The van der Waals surface area contributed by atoms with Crippen molar-refractivity contribution in [2.45, 2.75) is 25.0 Å². The topological polar surface area (TPSA) is 61.5 Å².